The number of aromatic nitrogens is 3. The molecule has 9 heteroatoms. The molecule has 0 atom stereocenters. The number of anilines is 1. The first-order valence-electron chi connectivity index (χ1n) is 12.1. The highest BCUT2D eigenvalue weighted by Gasteiger charge is 2.17. The number of carbonyl (C=O) groups is 1. The smallest absolute Gasteiger partial charge is 0.250 e. The van der Waals surface area contributed by atoms with Crippen LogP contribution in [0.25, 0.3) is 17.1 Å². The Morgan fingerprint density at radius 3 is 2.32 bits per heavy atom. The van der Waals surface area contributed by atoms with Crippen LogP contribution in [-0.4, -0.2) is 45.7 Å². The first-order chi connectivity index (χ1) is 18.0. The van der Waals surface area contributed by atoms with E-state index in [4.69, 9.17) is 11.6 Å². The molecule has 0 bridgehead atoms. The SMILES string of the molecule is CCN(CC)c1ccc(C=NNC(=O)CSc2nnc(-c3ccc(Cl)cc3)n2-c2ccc(C)cc2)cc1. The van der Waals surface area contributed by atoms with Gasteiger partial charge in [0.15, 0.2) is 11.0 Å². The van der Waals surface area contributed by atoms with Crippen molar-refractivity contribution in [1.82, 2.24) is 20.2 Å². The molecule has 1 amide bonds. The molecule has 190 valence electrons. The van der Waals surface area contributed by atoms with E-state index in [1.807, 2.05) is 72.2 Å². The molecule has 4 rings (SSSR count). The number of rotatable bonds is 10. The number of nitrogens with zero attached hydrogens (tertiary/aromatic N) is 5. The number of halogens is 1. The molecule has 0 radical (unpaired) electrons. The fourth-order valence-corrected chi connectivity index (χ4v) is 4.65. The van der Waals surface area contributed by atoms with Crippen LogP contribution < -0.4 is 10.3 Å². The molecule has 0 saturated carbocycles. The van der Waals surface area contributed by atoms with Crippen LogP contribution in [0.1, 0.15) is 25.0 Å². The van der Waals surface area contributed by atoms with Gasteiger partial charge in [0, 0.05) is 35.1 Å². The summed E-state index contributed by atoms with van der Waals surface area (Å²) in [6.45, 7) is 8.21. The van der Waals surface area contributed by atoms with Gasteiger partial charge in [0.2, 0.25) is 0 Å². The molecule has 0 aliphatic carbocycles. The first-order valence-corrected chi connectivity index (χ1v) is 13.4. The Balaban J connectivity index is 1.44. The third-order valence-corrected chi connectivity index (χ3v) is 6.97. The lowest BCUT2D eigenvalue weighted by atomic mass is 10.2. The molecule has 0 spiro atoms. The van der Waals surface area contributed by atoms with Gasteiger partial charge in [-0.25, -0.2) is 5.43 Å². The Kier molecular flexibility index (Phi) is 8.98. The molecular formula is C28H29ClN6OS. The van der Waals surface area contributed by atoms with E-state index in [-0.39, 0.29) is 11.7 Å². The third-order valence-electron chi connectivity index (χ3n) is 5.78. The fraction of sp³-hybridized carbons (Fsp3) is 0.214. The van der Waals surface area contributed by atoms with Crippen LogP contribution in [-0.2, 0) is 4.79 Å². The highest BCUT2D eigenvalue weighted by Crippen LogP contribution is 2.29. The molecule has 1 heterocycles. The predicted molar refractivity (Wildman–Crippen MR) is 153 cm³/mol. The monoisotopic (exact) mass is 532 g/mol. The molecule has 0 aliphatic heterocycles. The van der Waals surface area contributed by atoms with Crippen molar-refractivity contribution >= 4 is 41.2 Å². The summed E-state index contributed by atoms with van der Waals surface area (Å²) in [5.41, 5.74) is 7.62. The molecule has 0 saturated heterocycles. The average molecular weight is 533 g/mol. The van der Waals surface area contributed by atoms with Crippen LogP contribution in [0.2, 0.25) is 5.02 Å². The molecule has 4 aromatic rings. The van der Waals surface area contributed by atoms with Crippen LogP contribution in [0, 0.1) is 6.92 Å². The zero-order valence-electron chi connectivity index (χ0n) is 21.1. The standard InChI is InChI=1S/C28H29ClN6OS/c1-4-34(5-2)24-16-8-21(9-17-24)18-30-31-26(36)19-37-28-33-32-27(22-10-12-23(29)13-11-22)35(28)25-14-6-20(3)7-15-25/h6-18H,4-5,19H2,1-3H3,(H,31,36). The fourth-order valence-electron chi connectivity index (χ4n) is 3.78. The quantitative estimate of drug-likeness (QED) is 0.154. The zero-order chi connectivity index (χ0) is 26.2. The molecular weight excluding hydrogens is 504 g/mol. The zero-order valence-corrected chi connectivity index (χ0v) is 22.6. The lowest BCUT2D eigenvalue weighted by Crippen LogP contribution is -2.21. The van der Waals surface area contributed by atoms with Crippen LogP contribution in [0.5, 0.6) is 0 Å². The Bertz CT molecular complexity index is 1350. The van der Waals surface area contributed by atoms with Gasteiger partial charge in [0.25, 0.3) is 5.91 Å². The Labute approximate surface area is 226 Å². The second-order valence-corrected chi connectivity index (χ2v) is 9.71. The van der Waals surface area contributed by atoms with Crippen molar-refractivity contribution < 1.29 is 4.79 Å². The summed E-state index contributed by atoms with van der Waals surface area (Å²) < 4.78 is 1.95. The minimum absolute atomic E-state index is 0.142. The maximum atomic E-state index is 12.5. The number of nitrogens with one attached hydrogen (secondary N) is 1. The second kappa shape index (κ2) is 12.6. The second-order valence-electron chi connectivity index (χ2n) is 8.33. The maximum absolute atomic E-state index is 12.5. The van der Waals surface area contributed by atoms with Crippen molar-refractivity contribution in [3.63, 3.8) is 0 Å². The normalized spacial score (nSPS) is 11.1. The number of hydrazone groups is 1. The van der Waals surface area contributed by atoms with E-state index in [2.05, 4.69) is 51.6 Å². The minimum atomic E-state index is -0.229. The van der Waals surface area contributed by atoms with E-state index >= 15 is 0 Å². The summed E-state index contributed by atoms with van der Waals surface area (Å²) in [4.78, 5) is 14.8. The number of hydrogen-bond acceptors (Lipinski definition) is 6. The van der Waals surface area contributed by atoms with E-state index in [0.717, 1.165) is 35.5 Å². The summed E-state index contributed by atoms with van der Waals surface area (Å²) in [5, 5.41) is 14.2. The minimum Gasteiger partial charge on any atom is -0.372 e. The van der Waals surface area contributed by atoms with Crippen LogP contribution in [0.15, 0.2) is 83.1 Å². The van der Waals surface area contributed by atoms with E-state index in [1.54, 1.807) is 6.21 Å². The maximum Gasteiger partial charge on any atom is 0.250 e. The molecule has 1 N–H and O–H groups in total. The van der Waals surface area contributed by atoms with Crippen LogP contribution >= 0.6 is 23.4 Å². The number of carbonyl (C=O) groups excluding carboxylic acids is 1. The number of hydrogen-bond donors (Lipinski definition) is 1. The molecule has 0 unspecified atom stereocenters. The Hall–Kier alpha value is -3.62. The average Bonchev–Trinajstić information content (AvgIpc) is 3.34. The van der Waals surface area contributed by atoms with Gasteiger partial charge in [-0.3, -0.25) is 9.36 Å². The van der Waals surface area contributed by atoms with Crippen molar-refractivity contribution in [2.75, 3.05) is 23.7 Å². The lowest BCUT2D eigenvalue weighted by molar-refractivity contribution is -0.118. The van der Waals surface area contributed by atoms with Gasteiger partial charge < -0.3 is 4.90 Å². The first kappa shape index (κ1) is 26.4. The van der Waals surface area contributed by atoms with Gasteiger partial charge in [0.1, 0.15) is 0 Å². The van der Waals surface area contributed by atoms with E-state index in [0.29, 0.717) is 16.0 Å². The van der Waals surface area contributed by atoms with Crippen molar-refractivity contribution in [3.8, 4) is 17.1 Å². The number of benzene rings is 3. The highest BCUT2D eigenvalue weighted by atomic mass is 35.5. The van der Waals surface area contributed by atoms with Gasteiger partial charge in [-0.15, -0.1) is 10.2 Å². The molecule has 1 aromatic heterocycles. The van der Waals surface area contributed by atoms with E-state index in [1.165, 1.54) is 17.4 Å². The van der Waals surface area contributed by atoms with Gasteiger partial charge in [-0.05, 0) is 74.9 Å². The van der Waals surface area contributed by atoms with Crippen LogP contribution in [0.3, 0.4) is 0 Å². The Morgan fingerprint density at radius 2 is 1.68 bits per heavy atom. The van der Waals surface area contributed by atoms with Crippen molar-refractivity contribution in [2.24, 2.45) is 5.10 Å². The number of aryl methyl sites for hydroxylation is 1. The largest absolute Gasteiger partial charge is 0.372 e. The van der Waals surface area contributed by atoms with Crippen molar-refractivity contribution in [2.45, 2.75) is 25.9 Å². The van der Waals surface area contributed by atoms with Gasteiger partial charge in [-0.2, -0.15) is 5.10 Å². The summed E-state index contributed by atoms with van der Waals surface area (Å²) >= 11 is 7.37. The Morgan fingerprint density at radius 1 is 1.00 bits per heavy atom. The molecule has 3 aromatic carbocycles. The van der Waals surface area contributed by atoms with E-state index in [9.17, 15) is 4.79 Å². The number of amides is 1. The van der Waals surface area contributed by atoms with Gasteiger partial charge in [0.05, 0.1) is 12.0 Å². The summed E-state index contributed by atoms with van der Waals surface area (Å²) in [5.74, 6) is 0.588. The topological polar surface area (TPSA) is 75.4 Å². The molecule has 0 aliphatic rings. The molecule has 37 heavy (non-hydrogen) atoms. The van der Waals surface area contributed by atoms with E-state index < -0.39 is 0 Å². The van der Waals surface area contributed by atoms with Crippen LogP contribution in [0.4, 0.5) is 5.69 Å². The number of thioether (sulfide) groups is 1. The predicted octanol–water partition coefficient (Wildman–Crippen LogP) is 5.98. The summed E-state index contributed by atoms with van der Waals surface area (Å²) in [6.07, 6.45) is 1.64. The van der Waals surface area contributed by atoms with Crippen molar-refractivity contribution in [3.05, 3.63) is 88.9 Å². The summed E-state index contributed by atoms with van der Waals surface area (Å²) in [7, 11) is 0. The third kappa shape index (κ3) is 6.78. The molecule has 0 fully saturated rings. The van der Waals surface area contributed by atoms with Crippen molar-refractivity contribution in [1.29, 1.82) is 0 Å². The lowest BCUT2D eigenvalue weighted by Gasteiger charge is -2.20. The van der Waals surface area contributed by atoms with Gasteiger partial charge >= 0.3 is 0 Å². The summed E-state index contributed by atoms with van der Waals surface area (Å²) in [6, 6.07) is 23.6. The van der Waals surface area contributed by atoms with Gasteiger partial charge in [-0.1, -0.05) is 53.2 Å². The highest BCUT2D eigenvalue weighted by molar-refractivity contribution is 7.99. The molecule has 7 nitrogen and oxygen atoms in total.